The monoisotopic (exact) mass is 484 g/mol. The van der Waals surface area contributed by atoms with E-state index < -0.39 is 17.8 Å². The standard InChI is InChI=1S/C24H20F4N6O/c25-15-9-17-20-16(4-5-29-22(17)35)21(30-18(20)10-15)14-3-1-2-13(8-14)11-33-6-7-34-19(12-33)31-32-23(34)24(26,27)28/h1-3,8-10,30H,4-7,11-12H2,(H,29,35). The van der Waals surface area contributed by atoms with Crippen LogP contribution in [0.15, 0.2) is 36.4 Å². The maximum absolute atomic E-state index is 14.2. The second-order valence-electron chi connectivity index (χ2n) is 8.86. The van der Waals surface area contributed by atoms with Gasteiger partial charge in [-0.15, -0.1) is 10.2 Å². The van der Waals surface area contributed by atoms with E-state index in [1.165, 1.54) is 12.1 Å². The van der Waals surface area contributed by atoms with Crippen LogP contribution in [0, 0.1) is 5.82 Å². The second-order valence-corrected chi connectivity index (χ2v) is 8.86. The zero-order valence-corrected chi connectivity index (χ0v) is 18.4. The number of carbonyl (C=O) groups excluding carboxylic acids is 1. The quantitative estimate of drug-likeness (QED) is 0.433. The first-order valence-electron chi connectivity index (χ1n) is 11.2. The number of H-pyrrole nitrogens is 1. The van der Waals surface area contributed by atoms with Gasteiger partial charge in [-0.1, -0.05) is 18.2 Å². The molecule has 2 aliphatic rings. The van der Waals surface area contributed by atoms with Gasteiger partial charge in [0.05, 0.1) is 12.1 Å². The summed E-state index contributed by atoms with van der Waals surface area (Å²) in [5.41, 5.74) is 4.56. The van der Waals surface area contributed by atoms with Crippen molar-refractivity contribution >= 4 is 16.8 Å². The number of amides is 1. The summed E-state index contributed by atoms with van der Waals surface area (Å²) < 4.78 is 54.6. The van der Waals surface area contributed by atoms with Crippen LogP contribution >= 0.6 is 0 Å². The van der Waals surface area contributed by atoms with Gasteiger partial charge in [0.15, 0.2) is 0 Å². The SMILES string of the molecule is O=C1NCCc2c(-c3cccc(CN4CCn5c(nnc5C(F)(F)F)C4)c3)[nH]c3cc(F)cc1c23. The number of nitrogens with one attached hydrogen (secondary N) is 2. The molecule has 2 aliphatic heterocycles. The van der Waals surface area contributed by atoms with Crippen LogP contribution in [0.2, 0.25) is 0 Å². The van der Waals surface area contributed by atoms with Gasteiger partial charge in [-0.05, 0) is 41.3 Å². The van der Waals surface area contributed by atoms with Gasteiger partial charge in [-0.2, -0.15) is 13.2 Å². The molecule has 4 heterocycles. The summed E-state index contributed by atoms with van der Waals surface area (Å²) in [7, 11) is 0. The summed E-state index contributed by atoms with van der Waals surface area (Å²) in [6.45, 7) is 1.84. The van der Waals surface area contributed by atoms with Gasteiger partial charge in [0.25, 0.3) is 5.91 Å². The van der Waals surface area contributed by atoms with Gasteiger partial charge >= 0.3 is 6.18 Å². The molecule has 0 fully saturated rings. The molecule has 2 N–H and O–H groups in total. The Kier molecular flexibility index (Phi) is 4.92. The van der Waals surface area contributed by atoms with Crippen LogP contribution in [0.5, 0.6) is 0 Å². The predicted octanol–water partition coefficient (Wildman–Crippen LogP) is 3.89. The van der Waals surface area contributed by atoms with Gasteiger partial charge in [0, 0.05) is 42.8 Å². The minimum atomic E-state index is -4.52. The highest BCUT2D eigenvalue weighted by Gasteiger charge is 2.39. The lowest BCUT2D eigenvalue weighted by molar-refractivity contribution is -0.148. The average molecular weight is 484 g/mol. The molecule has 6 rings (SSSR count). The molecular formula is C24H20F4N6O. The topological polar surface area (TPSA) is 78.8 Å². The van der Waals surface area contributed by atoms with Gasteiger partial charge in [-0.3, -0.25) is 9.69 Å². The van der Waals surface area contributed by atoms with Crippen LogP contribution in [0.1, 0.15) is 33.1 Å². The molecule has 35 heavy (non-hydrogen) atoms. The molecular weight excluding hydrogens is 464 g/mol. The fourth-order valence-corrected chi connectivity index (χ4v) is 5.07. The zero-order valence-electron chi connectivity index (χ0n) is 18.4. The van der Waals surface area contributed by atoms with Crippen molar-refractivity contribution in [2.75, 3.05) is 13.1 Å². The van der Waals surface area contributed by atoms with Gasteiger partial charge in [0.2, 0.25) is 5.82 Å². The van der Waals surface area contributed by atoms with Gasteiger partial charge in [-0.25, -0.2) is 4.39 Å². The number of hydrogen-bond donors (Lipinski definition) is 2. The predicted molar refractivity (Wildman–Crippen MR) is 119 cm³/mol. The molecule has 0 saturated heterocycles. The first-order chi connectivity index (χ1) is 16.8. The molecule has 0 aliphatic carbocycles. The maximum atomic E-state index is 14.2. The normalized spacial score (nSPS) is 16.3. The van der Waals surface area contributed by atoms with Crippen LogP contribution in [0.4, 0.5) is 17.6 Å². The fourth-order valence-electron chi connectivity index (χ4n) is 5.07. The first kappa shape index (κ1) is 21.8. The number of rotatable bonds is 3. The molecule has 7 nitrogen and oxygen atoms in total. The van der Waals surface area contributed by atoms with Crippen molar-refractivity contribution < 1.29 is 22.4 Å². The molecule has 11 heteroatoms. The van der Waals surface area contributed by atoms with Crippen molar-refractivity contribution in [3.8, 4) is 11.3 Å². The number of hydrogen-bond acceptors (Lipinski definition) is 4. The van der Waals surface area contributed by atoms with E-state index in [1.54, 1.807) is 0 Å². The zero-order chi connectivity index (χ0) is 24.3. The number of alkyl halides is 3. The molecule has 2 aromatic heterocycles. The van der Waals surface area contributed by atoms with Crippen molar-refractivity contribution in [1.29, 1.82) is 0 Å². The third-order valence-corrected chi connectivity index (χ3v) is 6.58. The summed E-state index contributed by atoms with van der Waals surface area (Å²) in [5.74, 6) is -1.44. The fraction of sp³-hybridized carbons (Fsp3) is 0.292. The van der Waals surface area contributed by atoms with Crippen molar-refractivity contribution in [1.82, 2.24) is 30.0 Å². The van der Waals surface area contributed by atoms with E-state index in [4.69, 9.17) is 0 Å². The lowest BCUT2D eigenvalue weighted by atomic mass is 9.99. The van der Waals surface area contributed by atoms with Crippen LogP contribution in [-0.2, 0) is 32.2 Å². The van der Waals surface area contributed by atoms with Crippen molar-refractivity contribution in [3.05, 3.63) is 70.6 Å². The summed E-state index contributed by atoms with van der Waals surface area (Å²) in [4.78, 5) is 17.8. The van der Waals surface area contributed by atoms with E-state index in [0.29, 0.717) is 43.0 Å². The van der Waals surface area contributed by atoms with Crippen LogP contribution in [-0.4, -0.2) is 43.6 Å². The maximum Gasteiger partial charge on any atom is 0.451 e. The Balaban J connectivity index is 1.30. The highest BCUT2D eigenvalue weighted by atomic mass is 19.4. The van der Waals surface area contributed by atoms with Gasteiger partial charge in [0.1, 0.15) is 11.6 Å². The lowest BCUT2D eigenvalue weighted by Crippen LogP contribution is -2.34. The summed E-state index contributed by atoms with van der Waals surface area (Å²) >= 11 is 0. The van der Waals surface area contributed by atoms with Crippen molar-refractivity contribution in [3.63, 3.8) is 0 Å². The van der Waals surface area contributed by atoms with Crippen molar-refractivity contribution in [2.45, 2.75) is 32.2 Å². The van der Waals surface area contributed by atoms with Crippen LogP contribution in [0.25, 0.3) is 22.2 Å². The smallest absolute Gasteiger partial charge is 0.354 e. The highest BCUT2D eigenvalue weighted by Crippen LogP contribution is 2.35. The molecule has 2 aromatic carbocycles. The minimum Gasteiger partial charge on any atom is -0.354 e. The second kappa shape index (κ2) is 7.91. The number of fused-ring (bicyclic) bond motifs is 1. The van der Waals surface area contributed by atoms with E-state index >= 15 is 0 Å². The Morgan fingerprint density at radius 3 is 2.77 bits per heavy atom. The van der Waals surface area contributed by atoms with Gasteiger partial charge < -0.3 is 14.9 Å². The Hall–Kier alpha value is -3.73. The molecule has 0 radical (unpaired) electrons. The Bertz CT molecular complexity index is 1470. The number of halogens is 4. The number of benzene rings is 2. The molecule has 0 unspecified atom stereocenters. The third kappa shape index (κ3) is 3.75. The number of aromatic amines is 1. The number of carbonyl (C=O) groups is 1. The van der Waals surface area contributed by atoms with E-state index in [1.807, 2.05) is 29.2 Å². The molecule has 0 saturated carbocycles. The summed E-state index contributed by atoms with van der Waals surface area (Å²) in [6, 6.07) is 10.5. The van der Waals surface area contributed by atoms with E-state index in [9.17, 15) is 22.4 Å². The highest BCUT2D eigenvalue weighted by molar-refractivity contribution is 6.10. The average Bonchev–Trinajstić information content (AvgIpc) is 3.35. The molecule has 0 bridgehead atoms. The molecule has 1 amide bonds. The lowest BCUT2D eigenvalue weighted by Gasteiger charge is -2.28. The molecule has 180 valence electrons. The molecule has 0 spiro atoms. The Labute approximate surface area is 196 Å². The van der Waals surface area contributed by atoms with E-state index in [-0.39, 0.29) is 19.0 Å². The number of nitrogens with zero attached hydrogens (tertiary/aromatic N) is 4. The van der Waals surface area contributed by atoms with Crippen molar-refractivity contribution in [2.24, 2.45) is 0 Å². The first-order valence-corrected chi connectivity index (χ1v) is 11.2. The van der Waals surface area contributed by atoms with Crippen LogP contribution < -0.4 is 5.32 Å². The third-order valence-electron chi connectivity index (χ3n) is 6.58. The van der Waals surface area contributed by atoms with E-state index in [0.717, 1.165) is 32.3 Å². The summed E-state index contributed by atoms with van der Waals surface area (Å²) in [5, 5.41) is 10.6. The Morgan fingerprint density at radius 1 is 1.09 bits per heavy atom. The largest absolute Gasteiger partial charge is 0.451 e. The minimum absolute atomic E-state index is 0.165. The van der Waals surface area contributed by atoms with E-state index in [2.05, 4.69) is 20.5 Å². The summed E-state index contributed by atoms with van der Waals surface area (Å²) in [6.07, 6.45) is -3.92. The Morgan fingerprint density at radius 2 is 1.94 bits per heavy atom. The molecule has 4 aromatic rings. The van der Waals surface area contributed by atoms with Crippen LogP contribution in [0.3, 0.4) is 0 Å². The number of aromatic nitrogens is 4. The molecule has 0 atom stereocenters.